The van der Waals surface area contributed by atoms with E-state index in [1.165, 1.54) is 6.07 Å². The van der Waals surface area contributed by atoms with Crippen molar-refractivity contribution in [2.75, 3.05) is 32.8 Å². The molecule has 2 aromatic carbocycles. The number of alkyl halides is 3. The highest BCUT2D eigenvalue weighted by Crippen LogP contribution is 2.38. The van der Waals surface area contributed by atoms with Crippen LogP contribution in [0.3, 0.4) is 0 Å². The molecule has 0 bridgehead atoms. The number of nitrogens with zero attached hydrogens (tertiary/aromatic N) is 2. The quantitative estimate of drug-likeness (QED) is 0.662. The van der Waals surface area contributed by atoms with Crippen LogP contribution in [0.2, 0.25) is 0 Å². The summed E-state index contributed by atoms with van der Waals surface area (Å²) in [5, 5.41) is 0. The van der Waals surface area contributed by atoms with Gasteiger partial charge in [-0.1, -0.05) is 30.3 Å². The third-order valence-corrected chi connectivity index (χ3v) is 5.56. The molecule has 4 nitrogen and oxygen atoms in total. The van der Waals surface area contributed by atoms with Gasteiger partial charge in [0.1, 0.15) is 12.7 Å². The Labute approximate surface area is 174 Å². The molecule has 0 radical (unpaired) electrons. The first-order valence-electron chi connectivity index (χ1n) is 10.3. The van der Waals surface area contributed by atoms with Crippen LogP contribution in [0, 0.1) is 5.92 Å². The van der Waals surface area contributed by atoms with E-state index in [2.05, 4.69) is 9.89 Å². The number of benzene rings is 2. The summed E-state index contributed by atoms with van der Waals surface area (Å²) in [6.07, 6.45) is -0.639. The first-order valence-corrected chi connectivity index (χ1v) is 10.3. The predicted octanol–water partition coefficient (Wildman–Crippen LogP) is 4.68. The smallest absolute Gasteiger partial charge is 0.416 e. The van der Waals surface area contributed by atoms with Crippen LogP contribution in [0.1, 0.15) is 24.0 Å². The summed E-state index contributed by atoms with van der Waals surface area (Å²) in [5.41, 5.74) is 0.390. The van der Waals surface area contributed by atoms with Gasteiger partial charge in [0.25, 0.3) is 0 Å². The summed E-state index contributed by atoms with van der Waals surface area (Å²) < 4.78 is 50.2. The summed E-state index contributed by atoms with van der Waals surface area (Å²) >= 11 is 0. The van der Waals surface area contributed by atoms with Gasteiger partial charge in [-0.05, 0) is 55.6 Å². The molecule has 1 saturated heterocycles. The highest BCUT2D eigenvalue weighted by molar-refractivity contribution is 5.79. The Morgan fingerprint density at radius 1 is 1.03 bits per heavy atom. The molecule has 0 saturated carbocycles. The second-order valence-corrected chi connectivity index (χ2v) is 7.86. The van der Waals surface area contributed by atoms with Crippen LogP contribution in [-0.4, -0.2) is 50.0 Å². The van der Waals surface area contributed by atoms with Crippen LogP contribution in [0.4, 0.5) is 13.2 Å². The second kappa shape index (κ2) is 9.08. The largest absolute Gasteiger partial charge is 0.486 e. The van der Waals surface area contributed by atoms with E-state index in [4.69, 9.17) is 9.47 Å². The third-order valence-electron chi connectivity index (χ3n) is 5.56. The van der Waals surface area contributed by atoms with Crippen LogP contribution in [0.15, 0.2) is 53.5 Å². The number of hydrogen-bond acceptors (Lipinski definition) is 4. The number of hydrogen-bond donors (Lipinski definition) is 0. The van der Waals surface area contributed by atoms with E-state index in [0.29, 0.717) is 24.8 Å². The number of likely N-dealkylation sites (tertiary alicyclic amines) is 1. The number of ether oxygens (including phenoxy) is 2. The normalized spacial score (nSPS) is 20.6. The Bertz CT molecular complexity index is 862. The zero-order valence-corrected chi connectivity index (χ0v) is 16.6. The number of halogens is 3. The van der Waals surface area contributed by atoms with Gasteiger partial charge < -0.3 is 9.47 Å². The van der Waals surface area contributed by atoms with E-state index in [9.17, 15) is 13.2 Å². The minimum Gasteiger partial charge on any atom is -0.486 e. The topological polar surface area (TPSA) is 34.1 Å². The van der Waals surface area contributed by atoms with Gasteiger partial charge in [-0.15, -0.1) is 0 Å². The highest BCUT2D eigenvalue weighted by atomic mass is 19.4. The third kappa shape index (κ3) is 5.33. The molecule has 2 aliphatic heterocycles. The number of piperidine rings is 1. The van der Waals surface area contributed by atoms with Crippen molar-refractivity contribution in [2.24, 2.45) is 10.9 Å². The minimum absolute atomic E-state index is 0.172. The Morgan fingerprint density at radius 2 is 1.80 bits per heavy atom. The van der Waals surface area contributed by atoms with Gasteiger partial charge in [-0.3, -0.25) is 9.89 Å². The van der Waals surface area contributed by atoms with Crippen molar-refractivity contribution in [3.05, 3.63) is 59.7 Å². The van der Waals surface area contributed by atoms with Gasteiger partial charge in [0.05, 0.1) is 5.56 Å². The van der Waals surface area contributed by atoms with Crippen LogP contribution < -0.4 is 9.47 Å². The maximum Gasteiger partial charge on any atom is 0.416 e. The fraction of sp³-hybridized carbons (Fsp3) is 0.435. The van der Waals surface area contributed by atoms with Gasteiger partial charge in [-0.2, -0.15) is 13.2 Å². The van der Waals surface area contributed by atoms with Gasteiger partial charge >= 0.3 is 6.18 Å². The molecule has 1 unspecified atom stereocenters. The van der Waals surface area contributed by atoms with E-state index in [-0.39, 0.29) is 11.9 Å². The van der Waals surface area contributed by atoms with Crippen molar-refractivity contribution in [1.29, 1.82) is 0 Å². The Morgan fingerprint density at radius 3 is 2.53 bits per heavy atom. The first kappa shape index (κ1) is 20.7. The molecule has 0 spiro atoms. The van der Waals surface area contributed by atoms with Crippen molar-refractivity contribution < 1.29 is 22.6 Å². The summed E-state index contributed by atoms with van der Waals surface area (Å²) in [4.78, 5) is 6.87. The maximum absolute atomic E-state index is 12.9. The summed E-state index contributed by atoms with van der Waals surface area (Å²) in [6.45, 7) is 3.68. The molecule has 7 heteroatoms. The van der Waals surface area contributed by atoms with E-state index >= 15 is 0 Å². The fourth-order valence-electron chi connectivity index (χ4n) is 3.87. The number of rotatable bonds is 5. The van der Waals surface area contributed by atoms with Crippen molar-refractivity contribution in [2.45, 2.75) is 25.1 Å². The molecule has 2 aliphatic rings. The average molecular weight is 418 g/mol. The summed E-state index contributed by atoms with van der Waals surface area (Å²) in [5.74, 6) is 1.10. The van der Waals surface area contributed by atoms with Crippen LogP contribution in [-0.2, 0) is 6.18 Å². The fourth-order valence-corrected chi connectivity index (χ4v) is 3.87. The van der Waals surface area contributed by atoms with E-state index in [1.807, 2.05) is 36.5 Å². The molecule has 0 amide bonds. The lowest BCUT2D eigenvalue weighted by atomic mass is 9.97. The predicted molar refractivity (Wildman–Crippen MR) is 109 cm³/mol. The summed E-state index contributed by atoms with van der Waals surface area (Å²) in [6, 6.07) is 13.4. The molecule has 0 aromatic heterocycles. The molecule has 0 N–H and O–H groups in total. The van der Waals surface area contributed by atoms with Crippen LogP contribution in [0.25, 0.3) is 0 Å². The van der Waals surface area contributed by atoms with Crippen molar-refractivity contribution in [1.82, 2.24) is 4.90 Å². The minimum atomic E-state index is -4.39. The molecule has 4 rings (SSSR count). The van der Waals surface area contributed by atoms with Gasteiger partial charge in [0.2, 0.25) is 0 Å². The lowest BCUT2D eigenvalue weighted by molar-refractivity contribution is -0.137. The molecule has 2 heterocycles. The zero-order chi connectivity index (χ0) is 21.0. The lowest BCUT2D eigenvalue weighted by Crippen LogP contribution is -2.44. The van der Waals surface area contributed by atoms with Crippen molar-refractivity contribution >= 4 is 6.21 Å². The monoisotopic (exact) mass is 418 g/mol. The molecule has 2 aromatic rings. The van der Waals surface area contributed by atoms with Crippen molar-refractivity contribution in [3.63, 3.8) is 0 Å². The van der Waals surface area contributed by atoms with E-state index < -0.39 is 11.7 Å². The molecule has 30 heavy (non-hydrogen) atoms. The highest BCUT2D eigenvalue weighted by Gasteiger charge is 2.33. The molecular formula is C23H25F3N2O2. The Balaban J connectivity index is 1.24. The Kier molecular flexibility index (Phi) is 6.27. The Hall–Kier alpha value is -2.54. The van der Waals surface area contributed by atoms with Crippen LogP contribution in [0.5, 0.6) is 11.5 Å². The van der Waals surface area contributed by atoms with Gasteiger partial charge in [0, 0.05) is 19.3 Å². The number of fused-ring (bicyclic) bond motifs is 1. The standard InChI is InChI=1S/C23H25F3N2O2/c24-23(25,26)19-6-7-21-22(12-19)30-20(16-29-21)15-28-10-8-18(9-11-28)14-27-13-17-4-2-1-3-5-17/h1-7,12-13,18,20H,8-11,14-16H2. The van der Waals surface area contributed by atoms with Gasteiger partial charge in [0.15, 0.2) is 11.5 Å². The van der Waals surface area contributed by atoms with Crippen molar-refractivity contribution in [3.8, 4) is 11.5 Å². The van der Waals surface area contributed by atoms with E-state index in [0.717, 1.165) is 50.2 Å². The second-order valence-electron chi connectivity index (χ2n) is 7.86. The maximum atomic E-state index is 12.9. The van der Waals surface area contributed by atoms with Gasteiger partial charge in [-0.25, -0.2) is 0 Å². The molecular weight excluding hydrogens is 393 g/mol. The average Bonchev–Trinajstić information content (AvgIpc) is 2.75. The SMILES string of the molecule is FC(F)(F)c1ccc2c(c1)OC(CN1CCC(CN=Cc3ccccc3)CC1)CO2. The van der Waals surface area contributed by atoms with E-state index in [1.54, 1.807) is 0 Å². The molecule has 1 fully saturated rings. The summed E-state index contributed by atoms with van der Waals surface area (Å²) in [7, 11) is 0. The first-order chi connectivity index (χ1) is 14.5. The van der Waals surface area contributed by atoms with Crippen LogP contribution >= 0.6 is 0 Å². The lowest BCUT2D eigenvalue weighted by Gasteiger charge is -2.35. The molecule has 1 atom stereocenters. The molecule has 160 valence electrons. The zero-order valence-electron chi connectivity index (χ0n) is 16.6. The molecule has 0 aliphatic carbocycles. The number of aliphatic imine (C=N–C) groups is 1.